The molecule has 0 atom stereocenters. The molecule has 0 bridgehead atoms. The molecular formula is C24H23ClN2O4S2. The normalized spacial score (nSPS) is 14.6. The quantitative estimate of drug-likeness (QED) is 0.210. The maximum Gasteiger partial charge on any atom is 0.338 e. The standard InChI is InChI=1S/C24H23ClN2O4S2/c1-2-3-14-31-23(30)16-8-10-18(11-9-16)26-21(28)12-13-27-22(29)20(33-24(27)32)15-17-6-4-5-7-19(17)25/h4-11,15H,2-3,12-14H2,1H3,(H,26,28). The topological polar surface area (TPSA) is 75.7 Å². The third-order valence-electron chi connectivity index (χ3n) is 4.76. The van der Waals surface area contributed by atoms with Gasteiger partial charge in [0.05, 0.1) is 17.1 Å². The molecule has 0 aliphatic carbocycles. The molecule has 1 N–H and O–H groups in total. The van der Waals surface area contributed by atoms with Gasteiger partial charge in [0, 0.05) is 23.7 Å². The number of thiocarbonyl (C=S) groups is 1. The molecule has 9 heteroatoms. The van der Waals surface area contributed by atoms with Gasteiger partial charge >= 0.3 is 5.97 Å². The van der Waals surface area contributed by atoms with Crippen molar-refractivity contribution in [2.24, 2.45) is 0 Å². The Balaban J connectivity index is 1.52. The number of ether oxygens (including phenoxy) is 1. The highest BCUT2D eigenvalue weighted by atomic mass is 35.5. The van der Waals surface area contributed by atoms with Gasteiger partial charge in [-0.15, -0.1) is 0 Å². The zero-order valence-corrected chi connectivity index (χ0v) is 20.4. The lowest BCUT2D eigenvalue weighted by atomic mass is 10.2. The van der Waals surface area contributed by atoms with Crippen LogP contribution in [0.3, 0.4) is 0 Å². The molecule has 1 saturated heterocycles. The fourth-order valence-electron chi connectivity index (χ4n) is 2.95. The first kappa shape index (κ1) is 25.0. The van der Waals surface area contributed by atoms with Crippen LogP contribution in [-0.2, 0) is 14.3 Å². The molecule has 1 aliphatic rings. The van der Waals surface area contributed by atoms with E-state index in [0.29, 0.717) is 32.1 Å². The van der Waals surface area contributed by atoms with Gasteiger partial charge in [-0.05, 0) is 48.4 Å². The molecule has 33 heavy (non-hydrogen) atoms. The number of anilines is 1. The van der Waals surface area contributed by atoms with Gasteiger partial charge in [0.2, 0.25) is 5.91 Å². The van der Waals surface area contributed by atoms with E-state index < -0.39 is 0 Å². The molecule has 1 aliphatic heterocycles. The smallest absolute Gasteiger partial charge is 0.338 e. The van der Waals surface area contributed by atoms with Crippen LogP contribution in [-0.4, -0.2) is 40.2 Å². The number of thioether (sulfide) groups is 1. The van der Waals surface area contributed by atoms with Gasteiger partial charge < -0.3 is 10.1 Å². The van der Waals surface area contributed by atoms with Crippen LogP contribution < -0.4 is 5.32 Å². The van der Waals surface area contributed by atoms with Crippen LogP contribution in [0.1, 0.15) is 42.1 Å². The SMILES string of the molecule is CCCCOC(=O)c1ccc(NC(=O)CCN2C(=O)C(=Cc3ccccc3Cl)SC2=S)cc1. The summed E-state index contributed by atoms with van der Waals surface area (Å²) in [5.74, 6) is -0.901. The predicted molar refractivity (Wildman–Crippen MR) is 136 cm³/mol. The first-order valence-electron chi connectivity index (χ1n) is 10.5. The number of rotatable bonds is 9. The first-order valence-corrected chi connectivity index (χ1v) is 12.1. The lowest BCUT2D eigenvalue weighted by Crippen LogP contribution is -2.31. The van der Waals surface area contributed by atoms with Crippen molar-refractivity contribution in [1.82, 2.24) is 4.90 Å². The minimum Gasteiger partial charge on any atom is -0.462 e. The van der Waals surface area contributed by atoms with Crippen LogP contribution >= 0.6 is 35.6 Å². The Bertz CT molecular complexity index is 1090. The Labute approximate surface area is 207 Å². The molecule has 2 aromatic carbocycles. The maximum absolute atomic E-state index is 12.7. The van der Waals surface area contributed by atoms with E-state index in [1.54, 1.807) is 36.4 Å². The van der Waals surface area contributed by atoms with E-state index in [9.17, 15) is 14.4 Å². The van der Waals surface area contributed by atoms with E-state index >= 15 is 0 Å². The second-order valence-corrected chi connectivity index (χ2v) is 9.30. The Morgan fingerprint density at radius 1 is 1.18 bits per heavy atom. The number of nitrogens with zero attached hydrogens (tertiary/aromatic N) is 1. The Morgan fingerprint density at radius 3 is 2.61 bits per heavy atom. The van der Waals surface area contributed by atoms with Crippen molar-refractivity contribution in [3.63, 3.8) is 0 Å². The number of unbranched alkanes of at least 4 members (excludes halogenated alkanes) is 1. The molecule has 2 aromatic rings. The van der Waals surface area contributed by atoms with Crippen molar-refractivity contribution < 1.29 is 19.1 Å². The summed E-state index contributed by atoms with van der Waals surface area (Å²) >= 11 is 12.7. The second-order valence-electron chi connectivity index (χ2n) is 7.22. The summed E-state index contributed by atoms with van der Waals surface area (Å²) in [5, 5.41) is 3.31. The van der Waals surface area contributed by atoms with Crippen LogP contribution in [0.15, 0.2) is 53.4 Å². The Morgan fingerprint density at radius 2 is 1.91 bits per heavy atom. The molecule has 3 rings (SSSR count). The highest BCUT2D eigenvalue weighted by molar-refractivity contribution is 8.26. The fourth-order valence-corrected chi connectivity index (χ4v) is 4.43. The molecule has 1 fully saturated rings. The van der Waals surface area contributed by atoms with E-state index in [0.717, 1.165) is 18.4 Å². The minimum atomic E-state index is -0.388. The number of hydrogen-bond acceptors (Lipinski definition) is 6. The van der Waals surface area contributed by atoms with Crippen LogP contribution in [0, 0.1) is 0 Å². The highest BCUT2D eigenvalue weighted by Crippen LogP contribution is 2.33. The van der Waals surface area contributed by atoms with Crippen molar-refractivity contribution in [2.75, 3.05) is 18.5 Å². The van der Waals surface area contributed by atoms with Gasteiger partial charge in [0.15, 0.2) is 0 Å². The zero-order valence-electron chi connectivity index (χ0n) is 18.0. The van der Waals surface area contributed by atoms with Gasteiger partial charge in [0.25, 0.3) is 5.91 Å². The highest BCUT2D eigenvalue weighted by Gasteiger charge is 2.32. The van der Waals surface area contributed by atoms with Gasteiger partial charge in [-0.1, -0.05) is 67.1 Å². The number of benzene rings is 2. The van der Waals surface area contributed by atoms with Gasteiger partial charge in [-0.3, -0.25) is 14.5 Å². The Hall–Kier alpha value is -2.68. The average molecular weight is 503 g/mol. The van der Waals surface area contributed by atoms with E-state index in [2.05, 4.69) is 5.32 Å². The monoisotopic (exact) mass is 502 g/mol. The van der Waals surface area contributed by atoms with E-state index in [4.69, 9.17) is 28.6 Å². The van der Waals surface area contributed by atoms with E-state index in [-0.39, 0.29) is 30.7 Å². The van der Waals surface area contributed by atoms with Crippen LogP contribution in [0.25, 0.3) is 6.08 Å². The first-order chi connectivity index (χ1) is 15.9. The Kier molecular flexibility index (Phi) is 9.05. The van der Waals surface area contributed by atoms with Crippen molar-refractivity contribution in [2.45, 2.75) is 26.2 Å². The van der Waals surface area contributed by atoms with Gasteiger partial charge in [-0.25, -0.2) is 4.79 Å². The van der Waals surface area contributed by atoms with Crippen molar-refractivity contribution in [3.8, 4) is 0 Å². The number of halogens is 1. The molecule has 0 radical (unpaired) electrons. The molecule has 0 saturated carbocycles. The van der Waals surface area contributed by atoms with Crippen molar-refractivity contribution in [1.29, 1.82) is 0 Å². The molecule has 6 nitrogen and oxygen atoms in total. The predicted octanol–water partition coefficient (Wildman–Crippen LogP) is 5.53. The lowest BCUT2D eigenvalue weighted by Gasteiger charge is -2.14. The van der Waals surface area contributed by atoms with Crippen molar-refractivity contribution >= 4 is 69.4 Å². The number of carbonyl (C=O) groups is 3. The third-order valence-corrected chi connectivity index (χ3v) is 6.49. The number of nitrogens with one attached hydrogen (secondary N) is 1. The largest absolute Gasteiger partial charge is 0.462 e. The summed E-state index contributed by atoms with van der Waals surface area (Å²) < 4.78 is 5.57. The van der Waals surface area contributed by atoms with Crippen molar-refractivity contribution in [3.05, 3.63) is 69.6 Å². The molecule has 0 aromatic heterocycles. The maximum atomic E-state index is 12.7. The molecule has 1 heterocycles. The molecule has 2 amide bonds. The molecule has 0 spiro atoms. The summed E-state index contributed by atoms with van der Waals surface area (Å²) in [5.41, 5.74) is 1.70. The average Bonchev–Trinajstić information content (AvgIpc) is 3.06. The fraction of sp³-hybridized carbons (Fsp3) is 0.250. The number of carbonyl (C=O) groups excluding carboxylic acids is 3. The van der Waals surface area contributed by atoms with Gasteiger partial charge in [0.1, 0.15) is 4.32 Å². The molecule has 172 valence electrons. The van der Waals surface area contributed by atoms with Crippen LogP contribution in [0.4, 0.5) is 5.69 Å². The molecule has 0 unspecified atom stereocenters. The lowest BCUT2D eigenvalue weighted by molar-refractivity contribution is -0.122. The summed E-state index contributed by atoms with van der Waals surface area (Å²) in [4.78, 5) is 38.9. The summed E-state index contributed by atoms with van der Waals surface area (Å²) in [6.45, 7) is 2.57. The van der Waals surface area contributed by atoms with Crippen LogP contribution in [0.2, 0.25) is 5.02 Å². The third kappa shape index (κ3) is 6.90. The number of esters is 1. The van der Waals surface area contributed by atoms with Gasteiger partial charge in [-0.2, -0.15) is 0 Å². The number of amides is 2. The minimum absolute atomic E-state index is 0.0760. The summed E-state index contributed by atoms with van der Waals surface area (Å²) in [6.07, 6.45) is 3.55. The summed E-state index contributed by atoms with van der Waals surface area (Å²) in [6, 6.07) is 13.7. The van der Waals surface area contributed by atoms with E-state index in [1.165, 1.54) is 16.7 Å². The number of hydrogen-bond donors (Lipinski definition) is 1. The van der Waals surface area contributed by atoms with E-state index in [1.807, 2.05) is 25.1 Å². The zero-order chi connectivity index (χ0) is 23.8. The second kappa shape index (κ2) is 12.0. The summed E-state index contributed by atoms with van der Waals surface area (Å²) in [7, 11) is 0. The van der Waals surface area contributed by atoms with Crippen LogP contribution in [0.5, 0.6) is 0 Å². The molecular weight excluding hydrogens is 480 g/mol.